The molecule has 0 aliphatic rings. The van der Waals surface area contributed by atoms with Gasteiger partial charge in [0.05, 0.1) is 6.42 Å². The van der Waals surface area contributed by atoms with Gasteiger partial charge in [0.2, 0.25) is 0 Å². The van der Waals surface area contributed by atoms with Gasteiger partial charge in [0.25, 0.3) is 0 Å². The zero-order chi connectivity index (χ0) is 16.8. The van der Waals surface area contributed by atoms with Crippen molar-refractivity contribution in [3.8, 4) is 16.9 Å². The highest BCUT2D eigenvalue weighted by Crippen LogP contribution is 2.26. The molecule has 0 saturated carbocycles. The lowest BCUT2D eigenvalue weighted by molar-refractivity contribution is -0.136. The Labute approximate surface area is 141 Å². The minimum atomic E-state index is -0.828. The molecule has 0 heterocycles. The summed E-state index contributed by atoms with van der Waals surface area (Å²) in [4.78, 5) is 11.0. The van der Waals surface area contributed by atoms with Crippen molar-refractivity contribution in [1.29, 1.82) is 0 Å². The van der Waals surface area contributed by atoms with E-state index in [0.717, 1.165) is 28.0 Å². The van der Waals surface area contributed by atoms with Gasteiger partial charge in [-0.25, -0.2) is 0 Å². The fourth-order valence-corrected chi connectivity index (χ4v) is 2.59. The fraction of sp³-hybridized carbons (Fsp3) is 0.0952. The molecule has 3 rings (SSSR count). The van der Waals surface area contributed by atoms with Crippen LogP contribution in [0.4, 0.5) is 0 Å². The molecule has 0 amide bonds. The molecule has 3 aromatic carbocycles. The summed E-state index contributed by atoms with van der Waals surface area (Å²) in [5.74, 6) is -0.0383. The van der Waals surface area contributed by atoms with Crippen LogP contribution < -0.4 is 4.74 Å². The largest absolute Gasteiger partial charge is 0.489 e. The van der Waals surface area contributed by atoms with Crippen molar-refractivity contribution in [3.63, 3.8) is 0 Å². The first kappa shape index (κ1) is 15.8. The minimum absolute atomic E-state index is 0.0163. The molecule has 1 N–H and O–H groups in total. The second-order valence-corrected chi connectivity index (χ2v) is 5.53. The van der Waals surface area contributed by atoms with Gasteiger partial charge in [-0.2, -0.15) is 0 Å². The number of ether oxygens (including phenoxy) is 1. The summed E-state index contributed by atoms with van der Waals surface area (Å²) in [5, 5.41) is 9.04. The number of rotatable bonds is 6. The molecular formula is C21H18O3. The van der Waals surface area contributed by atoms with Crippen LogP contribution in [0.5, 0.6) is 5.75 Å². The molecule has 0 aliphatic carbocycles. The van der Waals surface area contributed by atoms with Gasteiger partial charge in [-0.05, 0) is 34.4 Å². The number of benzene rings is 3. The van der Waals surface area contributed by atoms with E-state index in [2.05, 4.69) is 0 Å². The smallest absolute Gasteiger partial charge is 0.307 e. The van der Waals surface area contributed by atoms with Gasteiger partial charge in [-0.1, -0.05) is 66.7 Å². The average molecular weight is 318 g/mol. The molecule has 3 nitrogen and oxygen atoms in total. The van der Waals surface area contributed by atoms with Gasteiger partial charge in [0.15, 0.2) is 0 Å². The highest BCUT2D eigenvalue weighted by atomic mass is 16.5. The summed E-state index contributed by atoms with van der Waals surface area (Å²) in [6.45, 7) is 0.524. The lowest BCUT2D eigenvalue weighted by Gasteiger charge is -2.10. The molecule has 0 aromatic heterocycles. The maximum atomic E-state index is 11.0. The quantitative estimate of drug-likeness (QED) is 0.725. The Morgan fingerprint density at radius 3 is 2.21 bits per heavy atom. The molecule has 3 aromatic rings. The van der Waals surface area contributed by atoms with Crippen LogP contribution in [-0.2, 0) is 17.8 Å². The molecule has 0 radical (unpaired) electrons. The molecule has 0 spiro atoms. The Kier molecular flexibility index (Phi) is 4.92. The van der Waals surface area contributed by atoms with Gasteiger partial charge in [0, 0.05) is 0 Å². The third-order valence-electron chi connectivity index (χ3n) is 3.77. The third-order valence-corrected chi connectivity index (χ3v) is 3.77. The summed E-state index contributed by atoms with van der Waals surface area (Å²) >= 11 is 0. The van der Waals surface area contributed by atoms with E-state index >= 15 is 0 Å². The monoisotopic (exact) mass is 318 g/mol. The Morgan fingerprint density at radius 1 is 0.833 bits per heavy atom. The highest BCUT2D eigenvalue weighted by molar-refractivity contribution is 5.76. The molecule has 0 unspecified atom stereocenters. The summed E-state index contributed by atoms with van der Waals surface area (Å²) in [6.07, 6.45) is 0.0163. The Bertz CT molecular complexity index is 808. The molecule has 24 heavy (non-hydrogen) atoms. The van der Waals surface area contributed by atoms with Crippen LogP contribution >= 0.6 is 0 Å². The van der Waals surface area contributed by atoms with Crippen molar-refractivity contribution in [2.24, 2.45) is 0 Å². The predicted octanol–water partition coefficient (Wildman–Crippen LogP) is 4.56. The lowest BCUT2D eigenvalue weighted by Crippen LogP contribution is -2.01. The molecular weight excluding hydrogens is 300 g/mol. The molecule has 0 bridgehead atoms. The lowest BCUT2D eigenvalue weighted by atomic mass is 9.98. The van der Waals surface area contributed by atoms with E-state index in [-0.39, 0.29) is 6.42 Å². The van der Waals surface area contributed by atoms with E-state index in [1.54, 1.807) is 0 Å². The average Bonchev–Trinajstić information content (AvgIpc) is 2.61. The normalized spacial score (nSPS) is 10.3. The van der Waals surface area contributed by atoms with Crippen LogP contribution in [0.3, 0.4) is 0 Å². The number of carbonyl (C=O) groups is 1. The summed E-state index contributed by atoms with van der Waals surface area (Å²) < 4.78 is 5.78. The number of hydrogen-bond donors (Lipinski definition) is 1. The van der Waals surface area contributed by atoms with Crippen LogP contribution in [0.25, 0.3) is 11.1 Å². The van der Waals surface area contributed by atoms with E-state index in [0.29, 0.717) is 6.61 Å². The number of carboxylic acids is 1. The molecule has 120 valence electrons. The van der Waals surface area contributed by atoms with Gasteiger partial charge in [0.1, 0.15) is 12.4 Å². The van der Waals surface area contributed by atoms with Gasteiger partial charge in [-0.3, -0.25) is 4.79 Å². The summed E-state index contributed by atoms with van der Waals surface area (Å²) in [5.41, 5.74) is 3.85. The van der Waals surface area contributed by atoms with Crippen molar-refractivity contribution in [2.45, 2.75) is 13.0 Å². The Hall–Kier alpha value is -3.07. The first-order valence-electron chi connectivity index (χ1n) is 7.79. The number of carboxylic acid groups (broad SMARTS) is 1. The van der Waals surface area contributed by atoms with Crippen LogP contribution in [0, 0.1) is 0 Å². The first-order chi connectivity index (χ1) is 11.7. The topological polar surface area (TPSA) is 46.5 Å². The maximum absolute atomic E-state index is 11.0. The number of aliphatic carboxylic acids is 1. The number of hydrogen-bond acceptors (Lipinski definition) is 2. The Balaban J connectivity index is 1.74. The van der Waals surface area contributed by atoms with Crippen LogP contribution in [0.2, 0.25) is 0 Å². The zero-order valence-electron chi connectivity index (χ0n) is 13.2. The van der Waals surface area contributed by atoms with Crippen molar-refractivity contribution in [2.75, 3.05) is 0 Å². The van der Waals surface area contributed by atoms with Crippen LogP contribution in [-0.4, -0.2) is 11.1 Å². The molecule has 0 aliphatic heterocycles. The molecule has 0 atom stereocenters. The minimum Gasteiger partial charge on any atom is -0.489 e. The highest BCUT2D eigenvalue weighted by Gasteiger charge is 2.08. The molecule has 0 fully saturated rings. The second kappa shape index (κ2) is 7.47. The van der Waals surface area contributed by atoms with Gasteiger partial charge in [-0.15, -0.1) is 0 Å². The van der Waals surface area contributed by atoms with Crippen molar-refractivity contribution >= 4 is 5.97 Å². The van der Waals surface area contributed by atoms with E-state index in [9.17, 15) is 4.79 Å². The van der Waals surface area contributed by atoms with Gasteiger partial charge >= 0.3 is 5.97 Å². The third kappa shape index (κ3) is 4.02. The van der Waals surface area contributed by atoms with E-state index in [1.165, 1.54) is 0 Å². The Morgan fingerprint density at radius 2 is 1.50 bits per heavy atom. The van der Waals surface area contributed by atoms with Crippen LogP contribution in [0.15, 0.2) is 78.9 Å². The van der Waals surface area contributed by atoms with Crippen molar-refractivity contribution < 1.29 is 14.6 Å². The summed E-state index contributed by atoms with van der Waals surface area (Å²) in [6, 6.07) is 25.3. The van der Waals surface area contributed by atoms with E-state index < -0.39 is 5.97 Å². The fourth-order valence-electron chi connectivity index (χ4n) is 2.59. The van der Waals surface area contributed by atoms with Crippen LogP contribution in [0.1, 0.15) is 11.1 Å². The van der Waals surface area contributed by atoms with E-state index in [4.69, 9.17) is 9.84 Å². The standard InChI is InChI=1S/C21H18O3/c22-21(23)14-18-8-4-5-9-20(18)17-10-12-19(13-11-17)24-15-16-6-2-1-3-7-16/h1-13H,14-15H2,(H,22,23). The van der Waals surface area contributed by atoms with Crippen molar-refractivity contribution in [1.82, 2.24) is 0 Å². The predicted molar refractivity (Wildman–Crippen MR) is 94.0 cm³/mol. The summed E-state index contributed by atoms with van der Waals surface area (Å²) in [7, 11) is 0. The van der Waals surface area contributed by atoms with Crippen molar-refractivity contribution in [3.05, 3.63) is 90.0 Å². The van der Waals surface area contributed by atoms with E-state index in [1.807, 2.05) is 78.9 Å². The second-order valence-electron chi connectivity index (χ2n) is 5.53. The molecule has 0 saturated heterocycles. The SMILES string of the molecule is O=C(O)Cc1ccccc1-c1ccc(OCc2ccccc2)cc1. The molecule has 3 heteroatoms. The van der Waals surface area contributed by atoms with Gasteiger partial charge < -0.3 is 9.84 Å². The zero-order valence-corrected chi connectivity index (χ0v) is 13.2. The first-order valence-corrected chi connectivity index (χ1v) is 7.79. The maximum Gasteiger partial charge on any atom is 0.307 e.